The van der Waals surface area contributed by atoms with Crippen LogP contribution in [0.15, 0.2) is 48.5 Å². The number of benzene rings is 2. The number of primary amides is 1. The predicted octanol–water partition coefficient (Wildman–Crippen LogP) is 5.13. The minimum Gasteiger partial charge on any atom is -0.364 e. The highest BCUT2D eigenvalue weighted by atomic mass is 35.5. The van der Waals surface area contributed by atoms with Crippen molar-refractivity contribution in [1.29, 1.82) is 0 Å². The van der Waals surface area contributed by atoms with Crippen LogP contribution < -0.4 is 5.73 Å². The Bertz CT molecular complexity index is 1490. The molecule has 2 N–H and O–H groups in total. The number of hydrogen-bond donors (Lipinski definition) is 1. The van der Waals surface area contributed by atoms with Gasteiger partial charge in [-0.3, -0.25) is 14.4 Å². The summed E-state index contributed by atoms with van der Waals surface area (Å²) in [5.74, 6) is -1.28. The summed E-state index contributed by atoms with van der Waals surface area (Å²) < 4.78 is 40.8. The first kappa shape index (κ1) is 27.1. The molecule has 2 bridgehead atoms. The van der Waals surface area contributed by atoms with E-state index < -0.39 is 35.0 Å². The second kappa shape index (κ2) is 9.29. The van der Waals surface area contributed by atoms with Crippen molar-refractivity contribution in [2.45, 2.75) is 51.5 Å². The lowest BCUT2D eigenvalue weighted by atomic mass is 9.85. The van der Waals surface area contributed by atoms with Crippen molar-refractivity contribution in [3.8, 4) is 0 Å². The normalized spacial score (nSPS) is 20.1. The fraction of sp³-hybridized carbons (Fsp3) is 0.393. The monoisotopic (exact) mass is 560 g/mol. The van der Waals surface area contributed by atoms with Gasteiger partial charge in [0.25, 0.3) is 11.8 Å². The van der Waals surface area contributed by atoms with Gasteiger partial charge in [0.15, 0.2) is 0 Å². The molecule has 1 aromatic heterocycles. The van der Waals surface area contributed by atoms with E-state index in [0.29, 0.717) is 6.42 Å². The average molecular weight is 561 g/mol. The number of nitrogens with zero attached hydrogens (tertiary/aromatic N) is 3. The minimum atomic E-state index is -4.57. The summed E-state index contributed by atoms with van der Waals surface area (Å²) in [6, 6.07) is 10.4. The Morgan fingerprint density at radius 1 is 0.974 bits per heavy atom. The molecule has 2 aromatic carbocycles. The number of halogens is 4. The number of nitrogens with two attached hydrogens (primary N) is 1. The number of carbonyl (C=O) groups is 3. The van der Waals surface area contributed by atoms with Gasteiger partial charge in [-0.05, 0) is 42.2 Å². The number of hydrogen-bond acceptors (Lipinski definition) is 3. The Balaban J connectivity index is 1.42. The molecule has 11 heteroatoms. The Morgan fingerprint density at radius 3 is 2.18 bits per heavy atom. The third kappa shape index (κ3) is 4.64. The zero-order valence-corrected chi connectivity index (χ0v) is 22.4. The topological polar surface area (TPSA) is 88.6 Å². The molecule has 0 radical (unpaired) electrons. The van der Waals surface area contributed by atoms with Crippen LogP contribution in [-0.4, -0.2) is 57.3 Å². The summed E-state index contributed by atoms with van der Waals surface area (Å²) in [7, 11) is 0. The summed E-state index contributed by atoms with van der Waals surface area (Å²) >= 11 is 6.07. The maximum Gasteiger partial charge on any atom is 0.416 e. The van der Waals surface area contributed by atoms with Gasteiger partial charge in [-0.1, -0.05) is 50.6 Å². The molecule has 0 spiro atoms. The van der Waals surface area contributed by atoms with E-state index in [2.05, 4.69) is 0 Å². The number of aromatic nitrogens is 1. The van der Waals surface area contributed by atoms with Crippen LogP contribution in [0.5, 0.6) is 0 Å². The summed E-state index contributed by atoms with van der Waals surface area (Å²) in [5, 5.41) is 0.526. The predicted molar refractivity (Wildman–Crippen MR) is 140 cm³/mol. The average Bonchev–Trinajstić information content (AvgIpc) is 3.55. The van der Waals surface area contributed by atoms with Crippen molar-refractivity contribution >= 4 is 40.2 Å². The van der Waals surface area contributed by atoms with Crippen molar-refractivity contribution in [2.75, 3.05) is 13.1 Å². The fourth-order valence-electron chi connectivity index (χ4n) is 5.87. The summed E-state index contributed by atoms with van der Waals surface area (Å²) in [4.78, 5) is 43.1. The van der Waals surface area contributed by atoms with Crippen molar-refractivity contribution in [1.82, 2.24) is 14.4 Å². The fourth-order valence-corrected chi connectivity index (χ4v) is 6.14. The number of rotatable bonds is 4. The zero-order valence-electron chi connectivity index (χ0n) is 21.6. The van der Waals surface area contributed by atoms with E-state index in [9.17, 15) is 27.6 Å². The molecule has 2 fully saturated rings. The molecule has 0 aliphatic carbocycles. The smallest absolute Gasteiger partial charge is 0.364 e. The highest BCUT2D eigenvalue weighted by Gasteiger charge is 2.50. The molecular formula is C28H28ClF3N4O3. The number of likely N-dealkylation sites (tertiary alicyclic amines) is 2. The lowest BCUT2D eigenvalue weighted by Crippen LogP contribution is -2.53. The SMILES string of the molecule is CC(C)(C)[C@@H](C(=O)N1C[C@@H]2C[C@H]1CN2C(=O)c1ccc(C(F)(F)F)cc1Cl)n1c(C(N)=O)cc2ccccc21. The first-order valence-corrected chi connectivity index (χ1v) is 12.9. The Hall–Kier alpha value is -3.53. The van der Waals surface area contributed by atoms with Gasteiger partial charge >= 0.3 is 6.18 Å². The van der Waals surface area contributed by atoms with Crippen molar-refractivity contribution in [3.05, 3.63) is 70.4 Å². The lowest BCUT2D eigenvalue weighted by Gasteiger charge is -2.40. The second-order valence-electron chi connectivity index (χ2n) is 11.3. The Kier molecular flexibility index (Phi) is 6.44. The van der Waals surface area contributed by atoms with Crippen LogP contribution in [0.1, 0.15) is 59.6 Å². The van der Waals surface area contributed by atoms with E-state index in [1.165, 1.54) is 0 Å². The number of carbonyl (C=O) groups excluding carboxylic acids is 3. The van der Waals surface area contributed by atoms with E-state index in [1.54, 1.807) is 20.4 Å². The van der Waals surface area contributed by atoms with Crippen LogP contribution in [0, 0.1) is 5.41 Å². The Morgan fingerprint density at radius 2 is 1.62 bits per heavy atom. The highest BCUT2D eigenvalue weighted by molar-refractivity contribution is 6.34. The first-order valence-electron chi connectivity index (χ1n) is 12.6. The van der Waals surface area contributed by atoms with E-state index in [-0.39, 0.29) is 47.4 Å². The maximum absolute atomic E-state index is 14.2. The van der Waals surface area contributed by atoms with Gasteiger partial charge < -0.3 is 20.1 Å². The quantitative estimate of drug-likeness (QED) is 0.480. The molecule has 3 atom stereocenters. The second-order valence-corrected chi connectivity index (χ2v) is 11.7. The highest BCUT2D eigenvalue weighted by Crippen LogP contribution is 2.41. The van der Waals surface area contributed by atoms with Gasteiger partial charge in [-0.25, -0.2) is 0 Å². The van der Waals surface area contributed by atoms with Crippen LogP contribution in [-0.2, 0) is 11.0 Å². The van der Waals surface area contributed by atoms with Gasteiger partial charge in [0.05, 0.1) is 28.2 Å². The summed E-state index contributed by atoms with van der Waals surface area (Å²) in [6.07, 6.45) is -4.02. The van der Waals surface area contributed by atoms with Crippen LogP contribution in [0.4, 0.5) is 13.2 Å². The lowest BCUT2D eigenvalue weighted by molar-refractivity contribution is -0.140. The van der Waals surface area contributed by atoms with E-state index in [1.807, 2.05) is 45.0 Å². The summed E-state index contributed by atoms with van der Waals surface area (Å²) in [6.45, 7) is 6.27. The Labute approximate surface area is 228 Å². The maximum atomic E-state index is 14.2. The number of alkyl halides is 3. The van der Waals surface area contributed by atoms with Crippen LogP contribution in [0.2, 0.25) is 5.02 Å². The largest absolute Gasteiger partial charge is 0.416 e. The molecule has 206 valence electrons. The van der Waals surface area contributed by atoms with Gasteiger partial charge in [0, 0.05) is 24.0 Å². The molecule has 2 saturated heterocycles. The number of para-hydroxylation sites is 1. The summed E-state index contributed by atoms with van der Waals surface area (Å²) in [5.41, 5.74) is 5.16. The van der Waals surface area contributed by atoms with Crippen LogP contribution in [0.25, 0.3) is 10.9 Å². The molecular weight excluding hydrogens is 533 g/mol. The molecule has 3 heterocycles. The van der Waals surface area contributed by atoms with Crippen LogP contribution >= 0.6 is 11.6 Å². The van der Waals surface area contributed by atoms with E-state index >= 15 is 0 Å². The van der Waals surface area contributed by atoms with Crippen molar-refractivity contribution in [2.24, 2.45) is 11.1 Å². The number of piperazine rings is 1. The van der Waals surface area contributed by atoms with Crippen molar-refractivity contribution in [3.63, 3.8) is 0 Å². The molecule has 2 aliphatic heterocycles. The molecule has 39 heavy (non-hydrogen) atoms. The van der Waals surface area contributed by atoms with E-state index in [4.69, 9.17) is 17.3 Å². The third-order valence-electron chi connectivity index (χ3n) is 7.62. The third-order valence-corrected chi connectivity index (χ3v) is 7.94. The molecule has 0 saturated carbocycles. The first-order chi connectivity index (χ1) is 18.2. The number of fused-ring (bicyclic) bond motifs is 3. The molecule has 5 rings (SSSR count). The van der Waals surface area contributed by atoms with E-state index in [0.717, 1.165) is 29.1 Å². The standard InChI is InChI=1S/C28H28ClF3N4O3/c1-27(2,3)23(36-21-7-5-4-6-15(21)10-22(36)24(33)37)26(39)35-14-17-12-18(35)13-34(17)25(38)19-9-8-16(11-20(19)29)28(30,31)32/h4-11,17-18,23H,12-14H2,1-3H3,(H2,33,37)/t17-,18-,23+/m0/s1. The molecule has 7 nitrogen and oxygen atoms in total. The molecule has 0 unspecified atom stereocenters. The van der Waals surface area contributed by atoms with Gasteiger partial charge in [-0.15, -0.1) is 0 Å². The molecule has 2 aliphatic rings. The van der Waals surface area contributed by atoms with Crippen LogP contribution in [0.3, 0.4) is 0 Å². The van der Waals surface area contributed by atoms with Crippen molar-refractivity contribution < 1.29 is 27.6 Å². The number of amides is 3. The molecule has 3 aromatic rings. The van der Waals surface area contributed by atoms with Gasteiger partial charge in [-0.2, -0.15) is 13.2 Å². The van der Waals surface area contributed by atoms with Gasteiger partial charge in [0.2, 0.25) is 5.91 Å². The minimum absolute atomic E-state index is 0.00688. The zero-order chi connectivity index (χ0) is 28.4. The molecule has 3 amide bonds. The van der Waals surface area contributed by atoms with Gasteiger partial charge in [0.1, 0.15) is 11.7 Å².